The predicted octanol–water partition coefficient (Wildman–Crippen LogP) is 4.70. The summed E-state index contributed by atoms with van der Waals surface area (Å²) >= 11 is 0. The summed E-state index contributed by atoms with van der Waals surface area (Å²) < 4.78 is 7.34. The van der Waals surface area contributed by atoms with Crippen molar-refractivity contribution in [3.8, 4) is 22.8 Å². The number of aliphatic hydroxyl groups is 1. The number of hydrogen-bond acceptors (Lipinski definition) is 10. The van der Waals surface area contributed by atoms with Gasteiger partial charge in [0.1, 0.15) is 11.6 Å². The Hall–Kier alpha value is -5.36. The number of hydrogen-bond donors (Lipinski definition) is 4. The molecule has 0 saturated carbocycles. The summed E-state index contributed by atoms with van der Waals surface area (Å²) in [6.07, 6.45) is 4.94. The molecule has 0 spiro atoms. The van der Waals surface area contributed by atoms with Gasteiger partial charge in [0.2, 0.25) is 5.82 Å². The van der Waals surface area contributed by atoms with Gasteiger partial charge in [-0.2, -0.15) is 4.98 Å². The SMILES string of the molecule is CC(C)n1[nH]c(=O)c2ccc(Nc3cc(N[C@H](CO)c4ccccc4)c(-c4nc(-c5cccnc5)no4)cn3)nc21. The fourth-order valence-corrected chi connectivity index (χ4v) is 4.47. The Labute approximate surface area is 234 Å². The minimum Gasteiger partial charge on any atom is -0.394 e. The molecule has 0 radical (unpaired) electrons. The van der Waals surface area contributed by atoms with Crippen molar-refractivity contribution in [2.75, 3.05) is 17.2 Å². The number of rotatable bonds is 9. The summed E-state index contributed by atoms with van der Waals surface area (Å²) in [5, 5.41) is 24.3. The van der Waals surface area contributed by atoms with Crippen LogP contribution in [0.4, 0.5) is 17.3 Å². The van der Waals surface area contributed by atoms with Gasteiger partial charge in [0.05, 0.1) is 29.3 Å². The number of nitrogens with zero attached hydrogens (tertiary/aromatic N) is 6. The number of aliphatic hydroxyl groups excluding tert-OH is 1. The molecule has 206 valence electrons. The van der Waals surface area contributed by atoms with Gasteiger partial charge in [0, 0.05) is 36.3 Å². The van der Waals surface area contributed by atoms with Crippen molar-refractivity contribution in [2.24, 2.45) is 0 Å². The van der Waals surface area contributed by atoms with Gasteiger partial charge >= 0.3 is 0 Å². The molecule has 12 nitrogen and oxygen atoms in total. The zero-order valence-corrected chi connectivity index (χ0v) is 22.3. The van der Waals surface area contributed by atoms with E-state index in [9.17, 15) is 9.90 Å². The van der Waals surface area contributed by atoms with Gasteiger partial charge < -0.3 is 20.3 Å². The van der Waals surface area contributed by atoms with Crippen LogP contribution in [0.15, 0.2) is 88.6 Å². The monoisotopic (exact) mass is 549 g/mol. The van der Waals surface area contributed by atoms with Gasteiger partial charge in [-0.15, -0.1) is 0 Å². The third-order valence-corrected chi connectivity index (χ3v) is 6.54. The molecule has 0 unspecified atom stereocenters. The average Bonchev–Trinajstić information content (AvgIpc) is 3.62. The number of pyridine rings is 3. The van der Waals surface area contributed by atoms with Crippen LogP contribution >= 0.6 is 0 Å². The van der Waals surface area contributed by atoms with E-state index < -0.39 is 6.04 Å². The molecule has 6 aromatic rings. The van der Waals surface area contributed by atoms with Crippen molar-refractivity contribution in [2.45, 2.75) is 25.9 Å². The van der Waals surface area contributed by atoms with Gasteiger partial charge in [0.25, 0.3) is 11.4 Å². The number of nitrogens with one attached hydrogen (secondary N) is 3. The summed E-state index contributed by atoms with van der Waals surface area (Å²) in [7, 11) is 0. The fourth-order valence-electron chi connectivity index (χ4n) is 4.47. The molecule has 1 atom stereocenters. The van der Waals surface area contributed by atoms with E-state index in [1.54, 1.807) is 47.5 Å². The first-order valence-electron chi connectivity index (χ1n) is 13.1. The molecule has 0 aliphatic heterocycles. The second kappa shape index (κ2) is 11.0. The van der Waals surface area contributed by atoms with E-state index in [1.807, 2.05) is 50.2 Å². The maximum Gasteiger partial charge on any atom is 0.273 e. The largest absolute Gasteiger partial charge is 0.394 e. The number of H-pyrrole nitrogens is 1. The van der Waals surface area contributed by atoms with Crippen LogP contribution < -0.4 is 16.2 Å². The Balaban J connectivity index is 1.38. The van der Waals surface area contributed by atoms with E-state index in [0.717, 1.165) is 5.56 Å². The molecular weight excluding hydrogens is 522 g/mol. The first-order valence-corrected chi connectivity index (χ1v) is 13.1. The molecular formula is C29H27N9O3. The van der Waals surface area contributed by atoms with E-state index >= 15 is 0 Å². The minimum atomic E-state index is -0.416. The second-order valence-corrected chi connectivity index (χ2v) is 9.67. The molecule has 0 amide bonds. The van der Waals surface area contributed by atoms with Crippen molar-refractivity contribution >= 4 is 28.4 Å². The summed E-state index contributed by atoms with van der Waals surface area (Å²) in [4.78, 5) is 30.2. The first-order chi connectivity index (χ1) is 20.0. The van der Waals surface area contributed by atoms with Gasteiger partial charge in [-0.3, -0.25) is 19.6 Å². The summed E-state index contributed by atoms with van der Waals surface area (Å²) in [5.74, 6) is 1.63. The zero-order chi connectivity index (χ0) is 28.3. The lowest BCUT2D eigenvalue weighted by Crippen LogP contribution is -2.15. The maximum absolute atomic E-state index is 12.3. The van der Waals surface area contributed by atoms with Gasteiger partial charge in [-0.1, -0.05) is 35.5 Å². The Kier molecular flexibility index (Phi) is 6.96. The quantitative estimate of drug-likeness (QED) is 0.199. The third kappa shape index (κ3) is 5.28. The highest BCUT2D eigenvalue weighted by atomic mass is 16.5. The predicted molar refractivity (Wildman–Crippen MR) is 155 cm³/mol. The van der Waals surface area contributed by atoms with Gasteiger partial charge in [-0.25, -0.2) is 9.97 Å². The van der Waals surface area contributed by atoms with E-state index in [-0.39, 0.29) is 24.1 Å². The average molecular weight is 550 g/mol. The molecule has 0 aliphatic rings. The molecule has 0 bridgehead atoms. The van der Waals surface area contributed by atoms with Crippen molar-refractivity contribution in [1.82, 2.24) is 34.9 Å². The van der Waals surface area contributed by atoms with Crippen LogP contribution in [-0.2, 0) is 0 Å². The molecule has 0 fully saturated rings. The van der Waals surface area contributed by atoms with E-state index in [2.05, 4.69) is 40.8 Å². The molecule has 12 heteroatoms. The Bertz CT molecular complexity index is 1850. The van der Waals surface area contributed by atoms with Crippen molar-refractivity contribution in [3.05, 3.63) is 95.2 Å². The highest BCUT2D eigenvalue weighted by Gasteiger charge is 2.20. The van der Waals surface area contributed by atoms with Gasteiger partial charge in [-0.05, 0) is 43.7 Å². The molecule has 41 heavy (non-hydrogen) atoms. The van der Waals surface area contributed by atoms with Crippen LogP contribution in [0.3, 0.4) is 0 Å². The highest BCUT2D eigenvalue weighted by molar-refractivity contribution is 5.79. The number of aromatic amines is 1. The minimum absolute atomic E-state index is 0.0236. The fraction of sp³-hybridized carbons (Fsp3) is 0.172. The van der Waals surface area contributed by atoms with Crippen LogP contribution in [0.5, 0.6) is 0 Å². The standard InChI is InChI=1S/C29H27N9O3/c1-17(2)38-27-20(28(40)36-38)10-11-24(34-27)33-25-13-22(32-23(16-39)18-7-4-3-5-8-18)21(15-31-25)29-35-26(37-41-29)19-9-6-12-30-14-19/h3-15,17,23,39H,16H2,1-2H3,(H,36,40)(H2,31,32,33,34)/t23-/m1/s1. The molecule has 5 heterocycles. The lowest BCUT2D eigenvalue weighted by atomic mass is 10.1. The molecule has 6 rings (SSSR count). The maximum atomic E-state index is 12.3. The smallest absolute Gasteiger partial charge is 0.273 e. The topological polar surface area (TPSA) is 160 Å². The van der Waals surface area contributed by atoms with Crippen LogP contribution in [0.25, 0.3) is 33.9 Å². The normalized spacial score (nSPS) is 12.1. The number of aromatic nitrogens is 7. The second-order valence-electron chi connectivity index (χ2n) is 9.67. The number of benzene rings is 1. The number of anilines is 3. The number of fused-ring (bicyclic) bond motifs is 1. The van der Waals surface area contributed by atoms with Crippen LogP contribution in [-0.4, -0.2) is 46.6 Å². The van der Waals surface area contributed by atoms with E-state index in [4.69, 9.17) is 4.52 Å². The Morgan fingerprint density at radius 1 is 1.02 bits per heavy atom. The zero-order valence-electron chi connectivity index (χ0n) is 22.3. The van der Waals surface area contributed by atoms with Crippen LogP contribution in [0.1, 0.15) is 31.5 Å². The molecule has 4 N–H and O–H groups in total. The lowest BCUT2D eigenvalue weighted by molar-refractivity contribution is 0.276. The van der Waals surface area contributed by atoms with E-state index in [1.165, 1.54) is 0 Å². The molecule has 0 aliphatic carbocycles. The lowest BCUT2D eigenvalue weighted by Gasteiger charge is -2.20. The summed E-state index contributed by atoms with van der Waals surface area (Å²) in [6, 6.07) is 18.1. The molecule has 1 aromatic carbocycles. The first kappa shape index (κ1) is 25.9. The van der Waals surface area contributed by atoms with Crippen LogP contribution in [0, 0.1) is 0 Å². The van der Waals surface area contributed by atoms with Crippen molar-refractivity contribution in [1.29, 1.82) is 0 Å². The van der Waals surface area contributed by atoms with Gasteiger partial charge in [0.15, 0.2) is 5.65 Å². The Morgan fingerprint density at radius 2 is 1.88 bits per heavy atom. The third-order valence-electron chi connectivity index (χ3n) is 6.54. The Morgan fingerprint density at radius 3 is 2.63 bits per heavy atom. The molecule has 0 saturated heterocycles. The molecule has 5 aromatic heterocycles. The highest BCUT2D eigenvalue weighted by Crippen LogP contribution is 2.33. The summed E-state index contributed by atoms with van der Waals surface area (Å²) in [5.41, 5.74) is 3.13. The van der Waals surface area contributed by atoms with E-state index in [0.29, 0.717) is 45.3 Å². The summed E-state index contributed by atoms with van der Waals surface area (Å²) in [6.45, 7) is 3.78. The van der Waals surface area contributed by atoms with Crippen LogP contribution in [0.2, 0.25) is 0 Å². The van der Waals surface area contributed by atoms with Crippen molar-refractivity contribution < 1.29 is 9.63 Å². The van der Waals surface area contributed by atoms with Crippen molar-refractivity contribution in [3.63, 3.8) is 0 Å².